The molecule has 0 aliphatic heterocycles. The van der Waals surface area contributed by atoms with Crippen molar-refractivity contribution in [2.24, 2.45) is 11.8 Å². The highest BCUT2D eigenvalue weighted by Crippen LogP contribution is 2.39. The van der Waals surface area contributed by atoms with Crippen molar-refractivity contribution in [3.05, 3.63) is 0 Å². The van der Waals surface area contributed by atoms with Gasteiger partial charge in [0.1, 0.15) is 5.54 Å². The Bertz CT molecular complexity index is 390. The lowest BCUT2D eigenvalue weighted by Gasteiger charge is -2.22. The number of amides is 1. The Balaban J connectivity index is 2.28. The van der Waals surface area contributed by atoms with Gasteiger partial charge in [-0.25, -0.2) is 0 Å². The second-order valence-electron chi connectivity index (χ2n) is 5.08. The van der Waals surface area contributed by atoms with E-state index in [1.54, 1.807) is 13.8 Å². The SMILES string of the molecule is COC(=O)C(C)CSCC(=O)NC(C)(C#N)C1CC1. The maximum absolute atomic E-state index is 11.8. The summed E-state index contributed by atoms with van der Waals surface area (Å²) in [7, 11) is 1.35. The fraction of sp³-hybridized carbons (Fsp3) is 0.769. The number of nitriles is 1. The molecule has 0 saturated heterocycles. The Morgan fingerprint density at radius 1 is 1.58 bits per heavy atom. The number of carbonyl (C=O) groups excluding carboxylic acids is 2. The highest BCUT2D eigenvalue weighted by molar-refractivity contribution is 7.99. The van der Waals surface area contributed by atoms with Crippen LogP contribution in [0.5, 0.6) is 0 Å². The van der Waals surface area contributed by atoms with E-state index in [0.29, 0.717) is 5.75 Å². The summed E-state index contributed by atoms with van der Waals surface area (Å²) in [6, 6.07) is 2.18. The lowest BCUT2D eigenvalue weighted by atomic mass is 9.98. The molecule has 0 radical (unpaired) electrons. The number of nitrogens with zero attached hydrogens (tertiary/aromatic N) is 1. The minimum Gasteiger partial charge on any atom is -0.469 e. The van der Waals surface area contributed by atoms with Gasteiger partial charge in [0.15, 0.2) is 0 Å². The molecule has 106 valence electrons. The Morgan fingerprint density at radius 2 is 2.21 bits per heavy atom. The number of ether oxygens (including phenoxy) is 1. The van der Waals surface area contributed by atoms with Gasteiger partial charge in [-0.05, 0) is 25.7 Å². The van der Waals surface area contributed by atoms with Crippen LogP contribution in [-0.2, 0) is 14.3 Å². The van der Waals surface area contributed by atoms with Crippen molar-refractivity contribution in [2.75, 3.05) is 18.6 Å². The summed E-state index contributed by atoms with van der Waals surface area (Å²) < 4.78 is 4.61. The standard InChI is InChI=1S/C13H20N2O3S/c1-9(12(17)18-3)6-19-7-11(16)15-13(2,8-14)10-4-5-10/h9-10H,4-7H2,1-3H3,(H,15,16). The number of methoxy groups -OCH3 is 1. The second kappa shape index (κ2) is 6.80. The van der Waals surface area contributed by atoms with E-state index >= 15 is 0 Å². The van der Waals surface area contributed by atoms with Gasteiger partial charge in [0, 0.05) is 5.75 Å². The summed E-state index contributed by atoms with van der Waals surface area (Å²) in [4.78, 5) is 23.0. The minimum absolute atomic E-state index is 0.155. The third-order valence-corrected chi connectivity index (χ3v) is 4.43. The maximum Gasteiger partial charge on any atom is 0.309 e. The molecule has 2 unspecified atom stereocenters. The molecule has 0 heterocycles. The molecule has 1 rings (SSSR count). The summed E-state index contributed by atoms with van der Waals surface area (Å²) in [5, 5.41) is 11.9. The molecule has 0 bridgehead atoms. The normalized spacial score (nSPS) is 18.8. The first kappa shape index (κ1) is 15.8. The number of hydrogen-bond donors (Lipinski definition) is 1. The van der Waals surface area contributed by atoms with E-state index in [1.165, 1.54) is 18.9 Å². The van der Waals surface area contributed by atoms with E-state index in [2.05, 4.69) is 16.1 Å². The number of carbonyl (C=O) groups is 2. The molecule has 1 saturated carbocycles. The van der Waals surface area contributed by atoms with Crippen molar-refractivity contribution in [3.63, 3.8) is 0 Å². The zero-order valence-electron chi connectivity index (χ0n) is 11.6. The van der Waals surface area contributed by atoms with Gasteiger partial charge in [-0.15, -0.1) is 0 Å². The van der Waals surface area contributed by atoms with Crippen LogP contribution in [0.15, 0.2) is 0 Å². The molecule has 0 aromatic heterocycles. The molecule has 6 heteroatoms. The highest BCUT2D eigenvalue weighted by atomic mass is 32.2. The smallest absolute Gasteiger partial charge is 0.309 e. The van der Waals surface area contributed by atoms with E-state index in [9.17, 15) is 9.59 Å². The average Bonchev–Trinajstić information content (AvgIpc) is 3.21. The van der Waals surface area contributed by atoms with Crippen LogP contribution in [0.3, 0.4) is 0 Å². The predicted octanol–water partition coefficient (Wildman–Crippen LogP) is 1.34. The van der Waals surface area contributed by atoms with Gasteiger partial charge in [0.25, 0.3) is 0 Å². The van der Waals surface area contributed by atoms with Crippen LogP contribution in [0, 0.1) is 23.2 Å². The van der Waals surface area contributed by atoms with Crippen LogP contribution in [0.4, 0.5) is 0 Å². The fourth-order valence-corrected chi connectivity index (χ4v) is 2.67. The molecule has 0 spiro atoms. The number of nitrogens with one attached hydrogen (secondary N) is 1. The summed E-state index contributed by atoms with van der Waals surface area (Å²) in [5.41, 5.74) is -0.744. The van der Waals surface area contributed by atoms with Crippen molar-refractivity contribution in [1.29, 1.82) is 5.26 Å². The predicted molar refractivity (Wildman–Crippen MR) is 73.4 cm³/mol. The van der Waals surface area contributed by atoms with Gasteiger partial charge < -0.3 is 10.1 Å². The first-order valence-electron chi connectivity index (χ1n) is 6.30. The molecule has 1 amide bonds. The number of rotatable bonds is 7. The monoisotopic (exact) mass is 284 g/mol. The average molecular weight is 284 g/mol. The minimum atomic E-state index is -0.744. The molecule has 1 fully saturated rings. The molecule has 0 aromatic rings. The van der Waals surface area contributed by atoms with Crippen LogP contribution in [-0.4, -0.2) is 36.0 Å². The van der Waals surface area contributed by atoms with Crippen LogP contribution in [0.2, 0.25) is 0 Å². The highest BCUT2D eigenvalue weighted by Gasteiger charge is 2.42. The Morgan fingerprint density at radius 3 is 2.68 bits per heavy atom. The Hall–Kier alpha value is -1.22. The molecule has 0 aromatic carbocycles. The van der Waals surface area contributed by atoms with Gasteiger partial charge in [-0.3, -0.25) is 9.59 Å². The van der Waals surface area contributed by atoms with Crippen LogP contribution in [0.25, 0.3) is 0 Å². The molecule has 1 aliphatic carbocycles. The zero-order valence-corrected chi connectivity index (χ0v) is 12.4. The van der Waals surface area contributed by atoms with Gasteiger partial charge in [-0.2, -0.15) is 17.0 Å². The van der Waals surface area contributed by atoms with E-state index in [1.807, 2.05) is 0 Å². The van der Waals surface area contributed by atoms with E-state index < -0.39 is 5.54 Å². The topological polar surface area (TPSA) is 79.2 Å². The first-order valence-corrected chi connectivity index (χ1v) is 7.46. The van der Waals surface area contributed by atoms with Crippen molar-refractivity contribution in [3.8, 4) is 6.07 Å². The largest absolute Gasteiger partial charge is 0.469 e. The lowest BCUT2D eigenvalue weighted by molar-refractivity contribution is -0.144. The van der Waals surface area contributed by atoms with Crippen molar-refractivity contribution >= 4 is 23.6 Å². The summed E-state index contributed by atoms with van der Waals surface area (Å²) >= 11 is 1.37. The third-order valence-electron chi connectivity index (χ3n) is 3.23. The van der Waals surface area contributed by atoms with Gasteiger partial charge in [-0.1, -0.05) is 6.92 Å². The van der Waals surface area contributed by atoms with Crippen molar-refractivity contribution in [2.45, 2.75) is 32.2 Å². The second-order valence-corrected chi connectivity index (χ2v) is 6.11. The Kier molecular flexibility index (Phi) is 5.67. The molecular weight excluding hydrogens is 264 g/mol. The van der Waals surface area contributed by atoms with E-state index in [4.69, 9.17) is 5.26 Å². The zero-order chi connectivity index (χ0) is 14.5. The van der Waals surface area contributed by atoms with E-state index in [-0.39, 0.29) is 29.5 Å². The first-order chi connectivity index (χ1) is 8.92. The molecule has 1 aliphatic rings. The number of esters is 1. The fourth-order valence-electron chi connectivity index (χ4n) is 1.81. The van der Waals surface area contributed by atoms with Crippen LogP contribution in [0.1, 0.15) is 26.7 Å². The van der Waals surface area contributed by atoms with Gasteiger partial charge >= 0.3 is 5.97 Å². The molecule has 19 heavy (non-hydrogen) atoms. The number of hydrogen-bond acceptors (Lipinski definition) is 5. The number of thioether (sulfide) groups is 1. The maximum atomic E-state index is 11.8. The van der Waals surface area contributed by atoms with Gasteiger partial charge in [0.05, 0.1) is 24.8 Å². The van der Waals surface area contributed by atoms with Gasteiger partial charge in [0.2, 0.25) is 5.91 Å². The molecule has 1 N–H and O–H groups in total. The quantitative estimate of drug-likeness (QED) is 0.714. The molecule has 5 nitrogen and oxygen atoms in total. The van der Waals surface area contributed by atoms with Crippen molar-refractivity contribution in [1.82, 2.24) is 5.32 Å². The van der Waals surface area contributed by atoms with Crippen molar-refractivity contribution < 1.29 is 14.3 Å². The summed E-state index contributed by atoms with van der Waals surface area (Å²) in [6.45, 7) is 3.53. The van der Waals surface area contributed by atoms with Crippen LogP contribution < -0.4 is 5.32 Å². The lowest BCUT2D eigenvalue weighted by Crippen LogP contribution is -2.47. The van der Waals surface area contributed by atoms with Crippen LogP contribution >= 0.6 is 11.8 Å². The Labute approximate surface area is 118 Å². The third kappa shape index (κ3) is 4.75. The van der Waals surface area contributed by atoms with E-state index in [0.717, 1.165) is 12.8 Å². The summed E-state index contributed by atoms with van der Waals surface area (Å²) in [5.74, 6) is 0.415. The molecule has 2 atom stereocenters. The molecular formula is C13H20N2O3S. The summed E-state index contributed by atoms with van der Waals surface area (Å²) in [6.07, 6.45) is 1.99.